The Bertz CT molecular complexity index is 931. The first kappa shape index (κ1) is 18.5. The minimum atomic E-state index is -0.317. The van der Waals surface area contributed by atoms with Gasteiger partial charge in [0.15, 0.2) is 11.5 Å². The van der Waals surface area contributed by atoms with Crippen LogP contribution in [-0.4, -0.2) is 28.0 Å². The molecule has 142 valence electrons. The summed E-state index contributed by atoms with van der Waals surface area (Å²) in [4.78, 5) is 12.4. The lowest BCUT2D eigenvalue weighted by molar-refractivity contribution is 0.0930. The van der Waals surface area contributed by atoms with E-state index in [1.807, 2.05) is 39.1 Å². The van der Waals surface area contributed by atoms with Crippen LogP contribution in [0.4, 0.5) is 0 Å². The van der Waals surface area contributed by atoms with Crippen molar-refractivity contribution < 1.29 is 18.8 Å². The van der Waals surface area contributed by atoms with Crippen LogP contribution in [0, 0.1) is 6.92 Å². The normalized spacial score (nSPS) is 11.9. The largest absolute Gasteiger partial charge is 0.497 e. The van der Waals surface area contributed by atoms with Gasteiger partial charge in [-0.1, -0.05) is 11.2 Å². The molecule has 1 aromatic carbocycles. The summed E-state index contributed by atoms with van der Waals surface area (Å²) in [6.45, 7) is 4.01. The second-order valence-corrected chi connectivity index (χ2v) is 6.15. The van der Waals surface area contributed by atoms with E-state index >= 15 is 0 Å². The van der Waals surface area contributed by atoms with E-state index in [0.717, 1.165) is 11.3 Å². The Labute approximate surface area is 157 Å². The highest BCUT2D eigenvalue weighted by Crippen LogP contribution is 2.20. The van der Waals surface area contributed by atoms with E-state index in [0.29, 0.717) is 17.3 Å². The molecule has 0 bridgehead atoms. The number of amides is 1. The smallest absolute Gasteiger partial charge is 0.273 e. The molecule has 0 fully saturated rings. The van der Waals surface area contributed by atoms with Crippen molar-refractivity contribution in [3.63, 3.8) is 0 Å². The van der Waals surface area contributed by atoms with Crippen LogP contribution in [0.2, 0.25) is 0 Å². The summed E-state index contributed by atoms with van der Waals surface area (Å²) >= 11 is 0. The summed E-state index contributed by atoms with van der Waals surface area (Å²) in [7, 11) is 3.45. The van der Waals surface area contributed by atoms with Crippen molar-refractivity contribution in [2.45, 2.75) is 26.5 Å². The summed E-state index contributed by atoms with van der Waals surface area (Å²) in [5.74, 6) is 1.47. The Morgan fingerprint density at radius 2 is 2.11 bits per heavy atom. The fourth-order valence-corrected chi connectivity index (χ4v) is 2.62. The molecule has 0 saturated heterocycles. The number of hydrogen-bond donors (Lipinski definition) is 1. The summed E-state index contributed by atoms with van der Waals surface area (Å²) in [5, 5.41) is 10.9. The van der Waals surface area contributed by atoms with E-state index in [-0.39, 0.29) is 24.2 Å². The molecule has 1 amide bonds. The van der Waals surface area contributed by atoms with Crippen LogP contribution in [0.1, 0.15) is 40.5 Å². The van der Waals surface area contributed by atoms with Crippen LogP contribution in [0.25, 0.3) is 0 Å². The van der Waals surface area contributed by atoms with Crippen LogP contribution in [0.3, 0.4) is 0 Å². The van der Waals surface area contributed by atoms with Crippen molar-refractivity contribution in [1.29, 1.82) is 0 Å². The first-order chi connectivity index (χ1) is 13.0. The number of carbonyl (C=O) groups is 1. The highest BCUT2D eigenvalue weighted by atomic mass is 16.5. The molecule has 2 heterocycles. The predicted molar refractivity (Wildman–Crippen MR) is 97.7 cm³/mol. The molecule has 0 spiro atoms. The van der Waals surface area contributed by atoms with Gasteiger partial charge in [0.05, 0.1) is 19.3 Å². The molecule has 0 radical (unpaired) electrons. The van der Waals surface area contributed by atoms with Gasteiger partial charge in [-0.3, -0.25) is 9.48 Å². The quantitative estimate of drug-likeness (QED) is 0.688. The average Bonchev–Trinajstić information content (AvgIpc) is 3.27. The van der Waals surface area contributed by atoms with Crippen molar-refractivity contribution >= 4 is 5.91 Å². The number of methoxy groups -OCH3 is 1. The van der Waals surface area contributed by atoms with Crippen LogP contribution in [0.5, 0.6) is 11.5 Å². The Balaban J connectivity index is 1.59. The van der Waals surface area contributed by atoms with Crippen LogP contribution < -0.4 is 14.8 Å². The molecule has 1 N–H and O–H groups in total. The van der Waals surface area contributed by atoms with Crippen LogP contribution in [0.15, 0.2) is 41.1 Å². The number of nitrogens with zero attached hydrogens (tertiary/aromatic N) is 3. The first-order valence-electron chi connectivity index (χ1n) is 8.49. The third-order valence-corrected chi connectivity index (χ3v) is 4.30. The van der Waals surface area contributed by atoms with Gasteiger partial charge in [0, 0.05) is 30.4 Å². The lowest BCUT2D eigenvalue weighted by atomic mass is 10.1. The third kappa shape index (κ3) is 4.28. The summed E-state index contributed by atoms with van der Waals surface area (Å²) in [6.07, 6.45) is 1.75. The van der Waals surface area contributed by atoms with E-state index in [1.54, 1.807) is 30.1 Å². The van der Waals surface area contributed by atoms with E-state index < -0.39 is 0 Å². The zero-order valence-electron chi connectivity index (χ0n) is 15.7. The molecule has 0 aliphatic heterocycles. The number of aromatic nitrogens is 3. The van der Waals surface area contributed by atoms with Gasteiger partial charge in [-0.05, 0) is 26.0 Å². The van der Waals surface area contributed by atoms with Crippen molar-refractivity contribution in [3.05, 3.63) is 59.2 Å². The molecule has 0 unspecified atom stereocenters. The zero-order valence-corrected chi connectivity index (χ0v) is 15.7. The van der Waals surface area contributed by atoms with Gasteiger partial charge < -0.3 is 19.3 Å². The molecule has 2 aromatic heterocycles. The Morgan fingerprint density at radius 3 is 2.81 bits per heavy atom. The monoisotopic (exact) mass is 370 g/mol. The Kier molecular flexibility index (Phi) is 5.44. The van der Waals surface area contributed by atoms with Crippen molar-refractivity contribution in [3.8, 4) is 11.5 Å². The standard InChI is InChI=1S/C19H22N4O4/c1-12(17-10-20-23(3)13(17)2)21-19(24)18-9-16(27-22-18)11-26-15-7-5-6-14(8-15)25-4/h5-10,12H,11H2,1-4H3,(H,21,24)/t12-/m0/s1. The number of carbonyl (C=O) groups excluding carboxylic acids is 1. The summed E-state index contributed by atoms with van der Waals surface area (Å²) < 4.78 is 17.8. The average molecular weight is 370 g/mol. The molecular formula is C19H22N4O4. The number of benzene rings is 1. The highest BCUT2D eigenvalue weighted by Gasteiger charge is 2.18. The van der Waals surface area contributed by atoms with Crippen LogP contribution in [-0.2, 0) is 13.7 Å². The SMILES string of the molecule is COc1cccc(OCc2cc(C(=O)N[C@@H](C)c3cnn(C)c3C)no2)c1. The van der Waals surface area contributed by atoms with Gasteiger partial charge >= 0.3 is 0 Å². The molecule has 27 heavy (non-hydrogen) atoms. The van der Waals surface area contributed by atoms with Crippen molar-refractivity contribution in [2.75, 3.05) is 7.11 Å². The maximum Gasteiger partial charge on any atom is 0.273 e. The number of hydrogen-bond acceptors (Lipinski definition) is 6. The van der Waals surface area contributed by atoms with Gasteiger partial charge in [-0.25, -0.2) is 0 Å². The summed E-state index contributed by atoms with van der Waals surface area (Å²) in [5.41, 5.74) is 2.15. The number of ether oxygens (including phenoxy) is 2. The molecule has 0 aliphatic rings. The van der Waals surface area contributed by atoms with E-state index in [2.05, 4.69) is 15.6 Å². The fraction of sp³-hybridized carbons (Fsp3) is 0.316. The van der Waals surface area contributed by atoms with E-state index in [4.69, 9.17) is 14.0 Å². The van der Waals surface area contributed by atoms with E-state index in [9.17, 15) is 4.79 Å². The topological polar surface area (TPSA) is 91.4 Å². The number of aryl methyl sites for hydroxylation is 1. The minimum Gasteiger partial charge on any atom is -0.497 e. The maximum atomic E-state index is 12.4. The molecule has 3 aromatic rings. The molecule has 8 nitrogen and oxygen atoms in total. The van der Waals surface area contributed by atoms with Crippen molar-refractivity contribution in [1.82, 2.24) is 20.3 Å². The number of nitrogens with one attached hydrogen (secondary N) is 1. The van der Waals surface area contributed by atoms with Crippen LogP contribution >= 0.6 is 0 Å². The van der Waals surface area contributed by atoms with Gasteiger partial charge in [0.1, 0.15) is 18.1 Å². The second kappa shape index (κ2) is 7.94. The molecule has 0 saturated carbocycles. The zero-order chi connectivity index (χ0) is 19.4. The second-order valence-electron chi connectivity index (χ2n) is 6.15. The Hall–Kier alpha value is -3.29. The summed E-state index contributed by atoms with van der Waals surface area (Å²) in [6, 6.07) is 8.61. The fourth-order valence-electron chi connectivity index (χ4n) is 2.62. The lowest BCUT2D eigenvalue weighted by Crippen LogP contribution is -2.27. The van der Waals surface area contributed by atoms with E-state index in [1.165, 1.54) is 0 Å². The minimum absolute atomic E-state index is 0.157. The Morgan fingerprint density at radius 1 is 1.33 bits per heavy atom. The number of rotatable bonds is 7. The first-order valence-corrected chi connectivity index (χ1v) is 8.49. The predicted octanol–water partition coefficient (Wildman–Crippen LogP) is 2.80. The molecular weight excluding hydrogens is 348 g/mol. The van der Waals surface area contributed by atoms with Gasteiger partial charge in [0.25, 0.3) is 5.91 Å². The molecule has 3 rings (SSSR count). The van der Waals surface area contributed by atoms with Gasteiger partial charge in [-0.2, -0.15) is 5.10 Å². The van der Waals surface area contributed by atoms with Gasteiger partial charge in [-0.15, -0.1) is 0 Å². The molecule has 0 aliphatic carbocycles. The maximum absolute atomic E-state index is 12.4. The third-order valence-electron chi connectivity index (χ3n) is 4.30. The highest BCUT2D eigenvalue weighted by molar-refractivity contribution is 5.92. The molecule has 8 heteroatoms. The lowest BCUT2D eigenvalue weighted by Gasteiger charge is -2.12. The molecule has 1 atom stereocenters. The van der Waals surface area contributed by atoms with Gasteiger partial charge in [0.2, 0.25) is 0 Å². The van der Waals surface area contributed by atoms with Crippen molar-refractivity contribution in [2.24, 2.45) is 7.05 Å².